The maximum absolute atomic E-state index is 12.7. The molecule has 0 fully saturated rings. The molecule has 0 aliphatic rings. The van der Waals surface area contributed by atoms with Gasteiger partial charge in [0.2, 0.25) is 0 Å². The highest BCUT2D eigenvalue weighted by molar-refractivity contribution is 5.95. The maximum atomic E-state index is 12.7. The van der Waals surface area contributed by atoms with E-state index in [1.807, 2.05) is 5.32 Å². The number of rotatable bonds is 5. The molecule has 3 amide bonds. The maximum Gasteiger partial charge on any atom is 0.321 e. The van der Waals surface area contributed by atoms with Gasteiger partial charge >= 0.3 is 12.0 Å². The standard InChI is InChI=1S/C13H15FN2O4/c1-2-15-13(19)16-11(17)8-20-12(18)7-9-3-5-10(14)6-4-9/h3-6H,2,7-8H2,1H3,(H2,15,16,17,19). The number of carbonyl (C=O) groups is 3. The number of hydrogen-bond donors (Lipinski definition) is 2. The lowest BCUT2D eigenvalue weighted by molar-refractivity contribution is -0.147. The number of benzene rings is 1. The number of amides is 3. The highest BCUT2D eigenvalue weighted by atomic mass is 19.1. The molecular formula is C13H15FN2O4. The molecular weight excluding hydrogens is 267 g/mol. The van der Waals surface area contributed by atoms with Crippen LogP contribution in [-0.2, 0) is 20.7 Å². The zero-order chi connectivity index (χ0) is 15.0. The van der Waals surface area contributed by atoms with Crippen molar-refractivity contribution in [3.63, 3.8) is 0 Å². The molecule has 1 aromatic rings. The number of esters is 1. The Morgan fingerprint density at radius 1 is 1.20 bits per heavy atom. The van der Waals surface area contributed by atoms with E-state index in [4.69, 9.17) is 4.74 Å². The normalized spacial score (nSPS) is 9.70. The Morgan fingerprint density at radius 3 is 2.45 bits per heavy atom. The van der Waals surface area contributed by atoms with Crippen molar-refractivity contribution in [3.8, 4) is 0 Å². The number of carbonyl (C=O) groups excluding carboxylic acids is 3. The van der Waals surface area contributed by atoms with Crippen LogP contribution in [0.3, 0.4) is 0 Å². The minimum atomic E-state index is -0.719. The van der Waals surface area contributed by atoms with E-state index in [9.17, 15) is 18.8 Å². The molecule has 0 radical (unpaired) electrons. The topological polar surface area (TPSA) is 84.5 Å². The van der Waals surface area contributed by atoms with Crippen LogP contribution in [0, 0.1) is 5.82 Å². The van der Waals surface area contributed by atoms with Gasteiger partial charge in [-0.1, -0.05) is 12.1 Å². The Labute approximate surface area is 115 Å². The van der Waals surface area contributed by atoms with Crippen LogP contribution >= 0.6 is 0 Å². The Bertz CT molecular complexity index is 488. The third-order valence-electron chi connectivity index (χ3n) is 2.22. The summed E-state index contributed by atoms with van der Waals surface area (Å²) in [6.07, 6.45) is -0.0747. The lowest BCUT2D eigenvalue weighted by Gasteiger charge is -2.06. The summed E-state index contributed by atoms with van der Waals surface area (Å²) in [4.78, 5) is 33.6. The summed E-state index contributed by atoms with van der Waals surface area (Å²) in [5, 5.41) is 4.35. The fourth-order valence-corrected chi connectivity index (χ4v) is 1.33. The molecule has 1 aromatic carbocycles. The molecule has 20 heavy (non-hydrogen) atoms. The van der Waals surface area contributed by atoms with E-state index in [-0.39, 0.29) is 6.42 Å². The predicted octanol–water partition coefficient (Wildman–Crippen LogP) is 0.757. The summed E-state index contributed by atoms with van der Waals surface area (Å²) in [7, 11) is 0. The van der Waals surface area contributed by atoms with Gasteiger partial charge in [0.05, 0.1) is 6.42 Å². The van der Waals surface area contributed by atoms with Gasteiger partial charge in [-0.2, -0.15) is 0 Å². The SMILES string of the molecule is CCNC(=O)NC(=O)COC(=O)Cc1ccc(F)cc1. The van der Waals surface area contributed by atoms with Crippen LogP contribution in [0.1, 0.15) is 12.5 Å². The minimum Gasteiger partial charge on any atom is -0.455 e. The van der Waals surface area contributed by atoms with Gasteiger partial charge in [0.15, 0.2) is 6.61 Å². The monoisotopic (exact) mass is 282 g/mol. The average Bonchev–Trinajstić information content (AvgIpc) is 2.39. The molecule has 0 heterocycles. The number of hydrogen-bond acceptors (Lipinski definition) is 4. The molecule has 2 N–H and O–H groups in total. The van der Waals surface area contributed by atoms with E-state index < -0.39 is 30.3 Å². The van der Waals surface area contributed by atoms with Gasteiger partial charge in [-0.3, -0.25) is 14.9 Å². The van der Waals surface area contributed by atoms with Gasteiger partial charge < -0.3 is 10.1 Å². The number of nitrogens with one attached hydrogen (secondary N) is 2. The van der Waals surface area contributed by atoms with Crippen molar-refractivity contribution >= 4 is 17.9 Å². The number of imide groups is 1. The van der Waals surface area contributed by atoms with Crippen molar-refractivity contribution in [2.75, 3.05) is 13.2 Å². The van der Waals surface area contributed by atoms with Crippen molar-refractivity contribution in [2.45, 2.75) is 13.3 Å². The first kappa shape index (κ1) is 15.6. The molecule has 0 saturated carbocycles. The van der Waals surface area contributed by atoms with E-state index in [1.54, 1.807) is 6.92 Å². The first-order chi connectivity index (χ1) is 9.51. The summed E-state index contributed by atoms with van der Waals surface area (Å²) in [5.74, 6) is -1.76. The summed E-state index contributed by atoms with van der Waals surface area (Å²) < 4.78 is 17.3. The second-order valence-electron chi connectivity index (χ2n) is 3.87. The summed E-state index contributed by atoms with van der Waals surface area (Å²) in [6, 6.07) is 4.71. The van der Waals surface area contributed by atoms with Crippen molar-refractivity contribution < 1.29 is 23.5 Å². The third kappa shape index (κ3) is 5.94. The van der Waals surface area contributed by atoms with Gasteiger partial charge in [-0.15, -0.1) is 0 Å². The van der Waals surface area contributed by atoms with E-state index in [2.05, 4.69) is 5.32 Å². The highest BCUT2D eigenvalue weighted by Gasteiger charge is 2.10. The predicted molar refractivity (Wildman–Crippen MR) is 68.3 cm³/mol. The lowest BCUT2D eigenvalue weighted by Crippen LogP contribution is -2.41. The Kier molecular flexibility index (Phi) is 6.15. The first-order valence-electron chi connectivity index (χ1n) is 5.99. The second kappa shape index (κ2) is 7.88. The largest absolute Gasteiger partial charge is 0.455 e. The zero-order valence-corrected chi connectivity index (χ0v) is 10.9. The fourth-order valence-electron chi connectivity index (χ4n) is 1.33. The van der Waals surface area contributed by atoms with Crippen molar-refractivity contribution in [3.05, 3.63) is 35.6 Å². The molecule has 1 rings (SSSR count). The third-order valence-corrected chi connectivity index (χ3v) is 2.22. The number of halogens is 1. The van der Waals surface area contributed by atoms with Crippen LogP contribution in [0.15, 0.2) is 24.3 Å². The van der Waals surface area contributed by atoms with Gasteiger partial charge in [-0.25, -0.2) is 9.18 Å². The summed E-state index contributed by atoms with van der Waals surface area (Å²) >= 11 is 0. The Hall–Kier alpha value is -2.44. The molecule has 0 aromatic heterocycles. The second-order valence-corrected chi connectivity index (χ2v) is 3.87. The molecule has 0 saturated heterocycles. The molecule has 7 heteroatoms. The highest BCUT2D eigenvalue weighted by Crippen LogP contribution is 2.04. The molecule has 6 nitrogen and oxygen atoms in total. The van der Waals surface area contributed by atoms with Crippen LogP contribution in [0.5, 0.6) is 0 Å². The van der Waals surface area contributed by atoms with E-state index in [0.29, 0.717) is 12.1 Å². The smallest absolute Gasteiger partial charge is 0.321 e. The molecule has 0 aliphatic heterocycles. The van der Waals surface area contributed by atoms with Crippen molar-refractivity contribution in [1.29, 1.82) is 0 Å². The van der Waals surface area contributed by atoms with Gasteiger partial charge in [0.1, 0.15) is 5.82 Å². The zero-order valence-electron chi connectivity index (χ0n) is 10.9. The number of urea groups is 1. The van der Waals surface area contributed by atoms with Gasteiger partial charge in [-0.05, 0) is 24.6 Å². The minimum absolute atomic E-state index is 0.0747. The van der Waals surface area contributed by atoms with E-state index in [0.717, 1.165) is 0 Å². The van der Waals surface area contributed by atoms with Crippen LogP contribution in [0.2, 0.25) is 0 Å². The van der Waals surface area contributed by atoms with Crippen LogP contribution < -0.4 is 10.6 Å². The first-order valence-corrected chi connectivity index (χ1v) is 5.99. The van der Waals surface area contributed by atoms with Crippen molar-refractivity contribution in [2.24, 2.45) is 0 Å². The molecule has 108 valence electrons. The van der Waals surface area contributed by atoms with Gasteiger partial charge in [0, 0.05) is 6.54 Å². The number of ether oxygens (including phenoxy) is 1. The van der Waals surface area contributed by atoms with Crippen molar-refractivity contribution in [1.82, 2.24) is 10.6 Å². The summed E-state index contributed by atoms with van der Waals surface area (Å²) in [5.41, 5.74) is 0.570. The molecule has 0 spiro atoms. The van der Waals surface area contributed by atoms with Crippen LogP contribution in [0.25, 0.3) is 0 Å². The van der Waals surface area contributed by atoms with Gasteiger partial charge in [0.25, 0.3) is 5.91 Å². The van der Waals surface area contributed by atoms with Crippen LogP contribution in [-0.4, -0.2) is 31.1 Å². The molecule has 0 aliphatic carbocycles. The van der Waals surface area contributed by atoms with Crippen LogP contribution in [0.4, 0.5) is 9.18 Å². The van der Waals surface area contributed by atoms with E-state index >= 15 is 0 Å². The lowest BCUT2D eigenvalue weighted by atomic mass is 10.1. The fraction of sp³-hybridized carbons (Fsp3) is 0.308. The Morgan fingerprint density at radius 2 is 1.85 bits per heavy atom. The molecule has 0 bridgehead atoms. The summed E-state index contributed by atoms with van der Waals surface area (Å²) in [6.45, 7) is 1.54. The molecule has 0 unspecified atom stereocenters. The average molecular weight is 282 g/mol. The molecule has 0 atom stereocenters. The quantitative estimate of drug-likeness (QED) is 0.781. The Balaban J connectivity index is 2.31. The van der Waals surface area contributed by atoms with E-state index in [1.165, 1.54) is 24.3 Å².